The molecule has 6 nitrogen and oxygen atoms in total. The van der Waals surface area contributed by atoms with Crippen molar-refractivity contribution >= 4 is 23.2 Å². The number of nitrogens with zero attached hydrogens (tertiary/aromatic N) is 2. The quantitative estimate of drug-likeness (QED) is 0.495. The number of carbonyl (C=O) groups excluding carboxylic acids is 2. The summed E-state index contributed by atoms with van der Waals surface area (Å²) in [6.07, 6.45) is 7.08. The van der Waals surface area contributed by atoms with Gasteiger partial charge in [-0.05, 0) is 74.0 Å². The van der Waals surface area contributed by atoms with Gasteiger partial charge >= 0.3 is 0 Å². The second kappa shape index (κ2) is 13.0. The molecule has 1 saturated heterocycles. The van der Waals surface area contributed by atoms with E-state index in [2.05, 4.69) is 27.7 Å². The molecule has 1 atom stereocenters. The van der Waals surface area contributed by atoms with Crippen LogP contribution in [0, 0.1) is 17.2 Å². The molecule has 0 aliphatic carbocycles. The van der Waals surface area contributed by atoms with Crippen LogP contribution in [-0.4, -0.2) is 29.8 Å². The molecule has 0 saturated carbocycles. The number of benzene rings is 2. The van der Waals surface area contributed by atoms with Gasteiger partial charge in [-0.1, -0.05) is 58.0 Å². The first-order valence-corrected chi connectivity index (χ1v) is 13.2. The molecule has 2 aliphatic heterocycles. The van der Waals surface area contributed by atoms with Gasteiger partial charge < -0.3 is 10.6 Å². The maximum absolute atomic E-state index is 12.4. The third-order valence-corrected chi connectivity index (χ3v) is 7.13. The van der Waals surface area contributed by atoms with Crippen molar-refractivity contribution in [3.05, 3.63) is 71.3 Å². The van der Waals surface area contributed by atoms with Gasteiger partial charge in [-0.25, -0.2) is 0 Å². The summed E-state index contributed by atoms with van der Waals surface area (Å²) in [4.78, 5) is 26.9. The summed E-state index contributed by atoms with van der Waals surface area (Å²) in [6, 6.07) is 16.1. The first kappa shape index (κ1) is 27.2. The van der Waals surface area contributed by atoms with Crippen molar-refractivity contribution in [2.45, 2.75) is 65.3 Å². The zero-order valence-electron chi connectivity index (χ0n) is 21.9. The smallest absolute Gasteiger partial charge is 0.248 e. The van der Waals surface area contributed by atoms with E-state index in [1.807, 2.05) is 70.2 Å². The van der Waals surface area contributed by atoms with Crippen LogP contribution in [-0.2, 0) is 9.59 Å². The molecule has 4 rings (SSSR count). The molecule has 2 heterocycles. The van der Waals surface area contributed by atoms with E-state index < -0.39 is 0 Å². The first-order chi connectivity index (χ1) is 17.5. The van der Waals surface area contributed by atoms with Gasteiger partial charge in [-0.3, -0.25) is 14.5 Å². The van der Waals surface area contributed by atoms with Crippen molar-refractivity contribution in [3.63, 3.8) is 0 Å². The van der Waals surface area contributed by atoms with Gasteiger partial charge in [-0.15, -0.1) is 0 Å². The molecule has 1 unspecified atom stereocenters. The Morgan fingerprint density at radius 3 is 2.47 bits per heavy atom. The lowest BCUT2D eigenvalue weighted by Gasteiger charge is -2.37. The third-order valence-electron chi connectivity index (χ3n) is 7.13. The zero-order valence-corrected chi connectivity index (χ0v) is 21.9. The number of amides is 2. The Kier molecular flexibility index (Phi) is 9.84. The van der Waals surface area contributed by atoms with Crippen LogP contribution in [0.15, 0.2) is 54.6 Å². The van der Waals surface area contributed by atoms with Crippen LogP contribution in [0.3, 0.4) is 0 Å². The maximum atomic E-state index is 12.4. The lowest BCUT2D eigenvalue weighted by atomic mass is 9.85. The lowest BCUT2D eigenvalue weighted by molar-refractivity contribution is -0.120. The minimum atomic E-state index is -0.0973. The average molecular weight is 487 g/mol. The van der Waals surface area contributed by atoms with Crippen molar-refractivity contribution in [2.75, 3.05) is 23.7 Å². The minimum Gasteiger partial charge on any atom is -0.326 e. The van der Waals surface area contributed by atoms with E-state index in [1.54, 1.807) is 6.08 Å². The van der Waals surface area contributed by atoms with Gasteiger partial charge in [0.15, 0.2) is 0 Å². The van der Waals surface area contributed by atoms with Gasteiger partial charge in [-0.2, -0.15) is 5.26 Å². The van der Waals surface area contributed by atoms with Crippen molar-refractivity contribution in [2.24, 2.45) is 5.92 Å². The summed E-state index contributed by atoms with van der Waals surface area (Å²) in [5.41, 5.74) is 4.35. The average Bonchev–Trinajstić information content (AvgIpc) is 3.08. The highest BCUT2D eigenvalue weighted by atomic mass is 16.2. The molecule has 2 N–H and O–H groups in total. The largest absolute Gasteiger partial charge is 0.326 e. The van der Waals surface area contributed by atoms with Crippen LogP contribution in [0.4, 0.5) is 11.4 Å². The summed E-state index contributed by atoms with van der Waals surface area (Å²) in [7, 11) is 0. The second-order valence-electron chi connectivity index (χ2n) is 9.11. The van der Waals surface area contributed by atoms with E-state index in [0.29, 0.717) is 17.2 Å². The van der Waals surface area contributed by atoms with E-state index in [1.165, 1.54) is 0 Å². The summed E-state index contributed by atoms with van der Waals surface area (Å²) in [6.45, 7) is 9.78. The predicted molar refractivity (Wildman–Crippen MR) is 146 cm³/mol. The lowest BCUT2D eigenvalue weighted by Crippen LogP contribution is -2.35. The molecule has 0 spiro atoms. The summed E-state index contributed by atoms with van der Waals surface area (Å²) in [5, 5.41) is 15.7. The number of hydrogen-bond acceptors (Lipinski definition) is 4. The number of piperidine rings is 1. The fraction of sp³-hybridized carbons (Fsp3) is 0.433. The van der Waals surface area contributed by atoms with Crippen molar-refractivity contribution < 1.29 is 9.59 Å². The highest BCUT2D eigenvalue weighted by Gasteiger charge is 2.29. The van der Waals surface area contributed by atoms with Crippen molar-refractivity contribution in [1.29, 1.82) is 5.26 Å². The Hall–Kier alpha value is -3.43. The minimum absolute atomic E-state index is 0.0109. The van der Waals surface area contributed by atoms with E-state index >= 15 is 0 Å². The molecule has 6 heteroatoms. The van der Waals surface area contributed by atoms with Gasteiger partial charge in [0.2, 0.25) is 11.8 Å². The Morgan fingerprint density at radius 2 is 1.81 bits per heavy atom. The Labute approximate surface area is 215 Å². The van der Waals surface area contributed by atoms with Crippen LogP contribution in [0.5, 0.6) is 0 Å². The number of nitrogens with one attached hydrogen (secondary N) is 2. The Balaban J connectivity index is 0.00000176. The second-order valence-corrected chi connectivity index (χ2v) is 9.11. The number of hydrogen-bond donors (Lipinski definition) is 2. The maximum Gasteiger partial charge on any atom is 0.248 e. The number of nitriles is 1. The van der Waals surface area contributed by atoms with Crippen LogP contribution < -0.4 is 10.6 Å². The Bertz CT molecular complexity index is 1120. The molecule has 2 amide bonds. The third kappa shape index (κ3) is 6.22. The van der Waals surface area contributed by atoms with Crippen molar-refractivity contribution in [1.82, 2.24) is 4.90 Å². The molecule has 2 aromatic rings. The van der Waals surface area contributed by atoms with E-state index in [4.69, 9.17) is 0 Å². The molecule has 0 aromatic heterocycles. The van der Waals surface area contributed by atoms with Crippen LogP contribution in [0.25, 0.3) is 0 Å². The van der Waals surface area contributed by atoms with Crippen LogP contribution in [0.2, 0.25) is 0 Å². The molecule has 36 heavy (non-hydrogen) atoms. The van der Waals surface area contributed by atoms with Crippen LogP contribution in [0.1, 0.15) is 82.0 Å². The van der Waals surface area contributed by atoms with E-state index in [9.17, 15) is 14.9 Å². The number of anilines is 2. The summed E-state index contributed by atoms with van der Waals surface area (Å²) >= 11 is 0. The molecule has 0 radical (unpaired) electrons. The predicted octanol–water partition coefficient (Wildman–Crippen LogP) is 6.39. The molecular weight excluding hydrogens is 448 g/mol. The standard InChI is InChI=1S/C28H32N4O2.C2H6/c1-3-19(4-2)28(34)30-22-9-10-23(21(17-22)18-29)20-13-15-32(16-14-20)26-11-12-27(33)31-25-8-6-5-7-24(25)26;1-2/h5-12,17,19-20,26H,3-4,13-16H2,1-2H3,(H,30,34)(H,31,33);1-2H3. The SMILES string of the molecule is CC.CCC(CC)C(=O)Nc1ccc(C2CCN(C3C=CC(=O)Nc4ccccc43)CC2)c(C#N)c1. The van der Waals surface area contributed by atoms with E-state index in [-0.39, 0.29) is 23.8 Å². The number of carbonyl (C=O) groups is 2. The number of fused-ring (bicyclic) bond motifs is 1. The molecule has 0 bridgehead atoms. The molecule has 1 fully saturated rings. The Morgan fingerprint density at radius 1 is 1.11 bits per heavy atom. The summed E-state index contributed by atoms with van der Waals surface area (Å²) in [5.74, 6) is 0.196. The summed E-state index contributed by atoms with van der Waals surface area (Å²) < 4.78 is 0. The molecule has 190 valence electrons. The topological polar surface area (TPSA) is 85.2 Å². The van der Waals surface area contributed by atoms with Gasteiger partial charge in [0.25, 0.3) is 0 Å². The van der Waals surface area contributed by atoms with Crippen LogP contribution >= 0.6 is 0 Å². The monoisotopic (exact) mass is 486 g/mol. The highest BCUT2D eigenvalue weighted by molar-refractivity contribution is 6.00. The highest BCUT2D eigenvalue weighted by Crippen LogP contribution is 2.37. The van der Waals surface area contributed by atoms with Crippen molar-refractivity contribution in [3.8, 4) is 6.07 Å². The molecule has 2 aromatic carbocycles. The van der Waals surface area contributed by atoms with Gasteiger partial charge in [0.05, 0.1) is 17.7 Å². The zero-order chi connectivity index (χ0) is 26.1. The molecule has 2 aliphatic rings. The van der Waals surface area contributed by atoms with Gasteiger partial charge in [0.1, 0.15) is 0 Å². The molecular formula is C30H38N4O2. The van der Waals surface area contributed by atoms with E-state index in [0.717, 1.165) is 55.6 Å². The number of para-hydroxylation sites is 1. The first-order valence-electron chi connectivity index (χ1n) is 13.2. The number of likely N-dealkylation sites (tertiary alicyclic amines) is 1. The normalized spacial score (nSPS) is 17.8. The van der Waals surface area contributed by atoms with Gasteiger partial charge in [0, 0.05) is 23.4 Å². The number of rotatable bonds is 6. The fourth-order valence-electron chi connectivity index (χ4n) is 5.12. The fourth-order valence-corrected chi connectivity index (χ4v) is 5.12.